The van der Waals surface area contributed by atoms with Crippen LogP contribution in [0.25, 0.3) is 164 Å². The molecule has 21 aromatic carbocycles. The molecule has 25 aromatic rings. The summed E-state index contributed by atoms with van der Waals surface area (Å²) in [7, 11) is -2.87. The average molecular weight is 1760 g/mol. The molecular formula is C124H92N4O4Si2. The van der Waals surface area contributed by atoms with Gasteiger partial charge in [-0.05, 0) is 224 Å². The molecule has 640 valence electrons. The normalized spacial score (nSPS) is 12.0. The highest BCUT2D eigenvalue weighted by Crippen LogP contribution is 2.52. The maximum Gasteiger partial charge on any atom is 0.159 e. The van der Waals surface area contributed by atoms with Crippen molar-refractivity contribution in [2.24, 2.45) is 0 Å². The lowest BCUT2D eigenvalue weighted by Crippen LogP contribution is -2.37. The zero-order valence-electron chi connectivity index (χ0n) is 75.1. The fourth-order valence-electron chi connectivity index (χ4n) is 20.2. The van der Waals surface area contributed by atoms with Gasteiger partial charge in [0.25, 0.3) is 0 Å². The van der Waals surface area contributed by atoms with Crippen LogP contribution >= 0.6 is 0 Å². The lowest BCUT2D eigenvalue weighted by molar-refractivity contribution is 0.668. The lowest BCUT2D eigenvalue weighted by atomic mass is 9.94. The van der Waals surface area contributed by atoms with Crippen molar-refractivity contribution in [3.63, 3.8) is 0 Å². The van der Waals surface area contributed by atoms with E-state index in [9.17, 15) is 0 Å². The summed E-state index contributed by atoms with van der Waals surface area (Å²) in [5.41, 5.74) is 26.5. The maximum atomic E-state index is 7.13. The van der Waals surface area contributed by atoms with E-state index in [1.165, 1.54) is 37.3 Å². The quantitative estimate of drug-likeness (QED) is 0.0660. The first-order valence-electron chi connectivity index (χ1n) is 46.1. The summed E-state index contributed by atoms with van der Waals surface area (Å²) in [6.07, 6.45) is 0. The third-order valence-corrected chi connectivity index (χ3v) is 30.9. The van der Waals surface area contributed by atoms with Crippen LogP contribution in [-0.4, -0.2) is 16.1 Å². The van der Waals surface area contributed by atoms with E-state index in [0.29, 0.717) is 0 Å². The van der Waals surface area contributed by atoms with Gasteiger partial charge in [-0.3, -0.25) is 0 Å². The summed E-state index contributed by atoms with van der Waals surface area (Å²) in [5, 5.41) is 20.9. The molecule has 0 aliphatic heterocycles. The van der Waals surface area contributed by atoms with E-state index in [1.807, 2.05) is 24.3 Å². The number of rotatable bonds is 17. The second kappa shape index (κ2) is 32.8. The summed E-state index contributed by atoms with van der Waals surface area (Å²) in [6.45, 7) is 14.4. The lowest BCUT2D eigenvalue weighted by Gasteiger charge is -2.27. The molecule has 134 heavy (non-hydrogen) atoms. The minimum absolute atomic E-state index is 0.821. The molecule has 0 aliphatic carbocycles. The first-order valence-corrected chi connectivity index (χ1v) is 53.1. The summed E-state index contributed by atoms with van der Waals surface area (Å²) in [4.78, 5) is 9.29. The molecule has 4 aromatic heterocycles. The molecule has 0 unspecified atom stereocenters. The van der Waals surface area contributed by atoms with Crippen LogP contribution < -0.4 is 30.0 Å². The van der Waals surface area contributed by atoms with E-state index in [4.69, 9.17) is 17.7 Å². The highest BCUT2D eigenvalue weighted by molar-refractivity contribution is 6.89. The van der Waals surface area contributed by atoms with Crippen molar-refractivity contribution in [3.8, 4) is 33.4 Å². The van der Waals surface area contributed by atoms with E-state index in [0.717, 1.165) is 206 Å². The molecule has 0 atom stereocenters. The second-order valence-electron chi connectivity index (χ2n) is 37.0. The zero-order valence-corrected chi connectivity index (χ0v) is 77.1. The SMILES string of the molecule is C[Si](C)(C)c1ccc(N(c2ccccc2)c2ccc(-c3ccc4c(c3)c3ccccc3c3c5ccc(N(c6ccccc6)c6cccc7c6oc6ccccc67)cc5oc43)cc2)cc1.C[Si](C)(C)c1ccc(N(c2ccccc2)c2ccc(-c3ccc4c(c3)c3ccccc3c3c5ccc(N(c6ccccc6-c6ccccc6)c6cccc7c6oc6ccccc67)cc5oc43)cc2)cc1. The Balaban J connectivity index is 0.000000148. The van der Waals surface area contributed by atoms with Crippen LogP contribution in [0.15, 0.2) is 467 Å². The van der Waals surface area contributed by atoms with Gasteiger partial charge in [0.1, 0.15) is 33.5 Å². The fraction of sp³-hybridized carbons (Fsp3) is 0.0484. The number of nitrogens with zero attached hydrogens (tertiary/aromatic N) is 4. The average Bonchev–Trinajstić information content (AvgIpc) is 1.55. The van der Waals surface area contributed by atoms with Gasteiger partial charge in [-0.15, -0.1) is 0 Å². The number of anilines is 12. The molecule has 10 heteroatoms. The first-order chi connectivity index (χ1) is 65.7. The van der Waals surface area contributed by atoms with Gasteiger partial charge in [0.05, 0.1) is 44.6 Å². The number of hydrogen-bond donors (Lipinski definition) is 0. The van der Waals surface area contributed by atoms with E-state index >= 15 is 0 Å². The van der Waals surface area contributed by atoms with Crippen LogP contribution in [0.4, 0.5) is 68.2 Å². The first kappa shape index (κ1) is 80.8. The Morgan fingerprint density at radius 2 is 0.463 bits per heavy atom. The van der Waals surface area contributed by atoms with Crippen molar-refractivity contribution in [1.29, 1.82) is 0 Å². The zero-order chi connectivity index (χ0) is 89.9. The van der Waals surface area contributed by atoms with Gasteiger partial charge in [0, 0.05) is 111 Å². The van der Waals surface area contributed by atoms with E-state index < -0.39 is 16.1 Å². The van der Waals surface area contributed by atoms with Crippen molar-refractivity contribution in [1.82, 2.24) is 0 Å². The van der Waals surface area contributed by atoms with Gasteiger partial charge in [-0.2, -0.15) is 0 Å². The molecule has 0 fully saturated rings. The molecule has 0 aliphatic rings. The van der Waals surface area contributed by atoms with Crippen LogP contribution in [-0.2, 0) is 0 Å². The van der Waals surface area contributed by atoms with Gasteiger partial charge < -0.3 is 37.3 Å². The Morgan fingerprint density at radius 1 is 0.164 bits per heavy atom. The number of para-hydroxylation sites is 8. The van der Waals surface area contributed by atoms with Crippen molar-refractivity contribution in [2.45, 2.75) is 39.3 Å². The molecule has 25 rings (SSSR count). The van der Waals surface area contributed by atoms with Gasteiger partial charge in [-0.25, -0.2) is 0 Å². The molecule has 8 nitrogen and oxygen atoms in total. The molecule has 4 heterocycles. The maximum absolute atomic E-state index is 7.13. The van der Waals surface area contributed by atoms with Crippen LogP contribution in [0.2, 0.25) is 39.3 Å². The smallest absolute Gasteiger partial charge is 0.159 e. The monoisotopic (exact) mass is 1760 g/mol. The summed E-state index contributed by atoms with van der Waals surface area (Å²) in [5.74, 6) is 0. The van der Waals surface area contributed by atoms with Crippen molar-refractivity contribution >= 4 is 226 Å². The number of benzene rings is 21. The number of hydrogen-bond acceptors (Lipinski definition) is 8. The molecule has 0 spiro atoms. The standard InChI is InChI=1S/C65H48N2O2Si.C59H44N2O2Si/c1-70(2,3)50-37-34-48(35-38-50)66(46-19-8-5-9-20-46)47-32-29-43(30-33-47)45-31-39-56-58(41-45)52-22-10-11-24-54(52)63-57-40-36-49(42-62(57)69-65(56)63)67(59-26-14-12-21-51(59)44-17-6-4-7-18-44)60-27-16-25-55-53-23-13-15-28-61(53)68-64(55)60;1-64(2,3)46-33-30-44(31-34-46)60(41-15-6-4-7-16-41)43-28-25-39(26-29-43)40-27-35-51-53(37-40)47-19-10-11-21-49(47)57-52-36-32-45(38-56(52)63-59(51)57)61(42-17-8-5-9-18-42)54-23-14-22-50-48-20-12-13-24-55(48)62-58(50)54/h4-42H,1-3H3;4-38H,1-3H3. The molecule has 0 N–H and O–H groups in total. The van der Waals surface area contributed by atoms with Crippen LogP contribution in [0, 0.1) is 0 Å². The minimum atomic E-state index is -1.44. The molecule has 0 amide bonds. The second-order valence-corrected chi connectivity index (χ2v) is 47.2. The Labute approximate surface area is 778 Å². The highest BCUT2D eigenvalue weighted by Gasteiger charge is 2.29. The van der Waals surface area contributed by atoms with Gasteiger partial charge >= 0.3 is 0 Å². The minimum Gasteiger partial charge on any atom is -0.455 e. The van der Waals surface area contributed by atoms with Crippen LogP contribution in [0.3, 0.4) is 0 Å². The third-order valence-electron chi connectivity index (χ3n) is 26.8. The topological polar surface area (TPSA) is 65.5 Å². The largest absolute Gasteiger partial charge is 0.455 e. The molecule has 0 saturated heterocycles. The number of furan rings is 4. The molecule has 0 saturated carbocycles. The molecule has 0 bridgehead atoms. The molecular weight excluding hydrogens is 1670 g/mol. The van der Waals surface area contributed by atoms with E-state index in [2.05, 4.69) is 484 Å². The highest BCUT2D eigenvalue weighted by atomic mass is 28.3. The van der Waals surface area contributed by atoms with Gasteiger partial charge in [0.15, 0.2) is 11.2 Å². The Bertz CT molecular complexity index is 8830. The van der Waals surface area contributed by atoms with Crippen molar-refractivity contribution in [2.75, 3.05) is 19.6 Å². The van der Waals surface area contributed by atoms with Crippen molar-refractivity contribution < 1.29 is 17.7 Å². The predicted molar refractivity (Wildman–Crippen MR) is 573 cm³/mol. The summed E-state index contributed by atoms with van der Waals surface area (Å²) < 4.78 is 27.5. The Hall–Kier alpha value is -16.5. The predicted octanol–water partition coefficient (Wildman–Crippen LogP) is 35.6. The van der Waals surface area contributed by atoms with E-state index in [1.54, 1.807) is 0 Å². The van der Waals surface area contributed by atoms with Crippen LogP contribution in [0.1, 0.15) is 0 Å². The summed E-state index contributed by atoms with van der Waals surface area (Å²) in [6, 6.07) is 161. The number of fused-ring (bicyclic) bond motifs is 22. The van der Waals surface area contributed by atoms with Crippen LogP contribution in [0.5, 0.6) is 0 Å². The third kappa shape index (κ3) is 14.2. The van der Waals surface area contributed by atoms with Crippen molar-refractivity contribution in [3.05, 3.63) is 449 Å². The Kier molecular flexibility index (Phi) is 19.8. The fourth-order valence-corrected chi connectivity index (χ4v) is 22.5. The Morgan fingerprint density at radius 3 is 0.896 bits per heavy atom. The van der Waals surface area contributed by atoms with Gasteiger partial charge in [0.2, 0.25) is 0 Å². The summed E-state index contributed by atoms with van der Waals surface area (Å²) >= 11 is 0. The molecule has 0 radical (unpaired) electrons. The van der Waals surface area contributed by atoms with E-state index in [-0.39, 0.29) is 0 Å². The van der Waals surface area contributed by atoms with Gasteiger partial charge in [-0.1, -0.05) is 323 Å².